The number of unbranched alkanes of at least 4 members (excludes halogenated alkanes) is 1. The first-order valence-electron chi connectivity index (χ1n) is 8.19. The number of fused-ring (bicyclic) bond motifs is 1. The quantitative estimate of drug-likeness (QED) is 0.801. The molecular formula is C19H25NS. The second-order valence-electron chi connectivity index (χ2n) is 6.02. The Labute approximate surface area is 132 Å². The number of aryl methyl sites for hydroxylation is 3. The van der Waals surface area contributed by atoms with Gasteiger partial charge in [-0.2, -0.15) is 0 Å². The number of thiophene rings is 1. The van der Waals surface area contributed by atoms with Gasteiger partial charge in [0.15, 0.2) is 0 Å². The van der Waals surface area contributed by atoms with Crippen molar-refractivity contribution >= 4 is 11.3 Å². The van der Waals surface area contributed by atoms with Gasteiger partial charge in [-0.15, -0.1) is 11.3 Å². The molecule has 2 aromatic rings. The molecule has 1 heterocycles. The molecule has 1 aromatic carbocycles. The zero-order chi connectivity index (χ0) is 14.7. The van der Waals surface area contributed by atoms with E-state index in [1.54, 1.807) is 10.4 Å². The van der Waals surface area contributed by atoms with Crippen LogP contribution in [-0.2, 0) is 19.3 Å². The molecule has 0 fully saturated rings. The molecule has 112 valence electrons. The number of hydrogen-bond donors (Lipinski definition) is 1. The van der Waals surface area contributed by atoms with E-state index >= 15 is 0 Å². The highest BCUT2D eigenvalue weighted by Gasteiger charge is 2.20. The van der Waals surface area contributed by atoms with Gasteiger partial charge in [-0.1, -0.05) is 37.6 Å². The Morgan fingerprint density at radius 3 is 2.67 bits per heavy atom. The van der Waals surface area contributed by atoms with E-state index in [0.717, 1.165) is 0 Å². The Balaban J connectivity index is 1.78. The number of nitrogens with one attached hydrogen (secondary N) is 1. The molecule has 1 nitrogen and oxygen atoms in total. The van der Waals surface area contributed by atoms with E-state index in [1.807, 2.05) is 11.3 Å². The smallest absolute Gasteiger partial charge is 0.0668 e. The molecule has 0 saturated heterocycles. The SMILES string of the molecule is CCCCc1ccc(C(NC)c2cc3c(s2)CCC3)cc1. The van der Waals surface area contributed by atoms with Gasteiger partial charge in [-0.3, -0.25) is 0 Å². The van der Waals surface area contributed by atoms with Gasteiger partial charge in [0.1, 0.15) is 0 Å². The highest BCUT2D eigenvalue weighted by atomic mass is 32.1. The van der Waals surface area contributed by atoms with Crippen molar-refractivity contribution in [2.24, 2.45) is 0 Å². The summed E-state index contributed by atoms with van der Waals surface area (Å²) in [6.45, 7) is 2.25. The van der Waals surface area contributed by atoms with Crippen molar-refractivity contribution in [1.29, 1.82) is 0 Å². The molecule has 1 aliphatic rings. The molecule has 0 aliphatic heterocycles. The summed E-state index contributed by atoms with van der Waals surface area (Å²) in [5, 5.41) is 3.50. The molecule has 1 aromatic heterocycles. The van der Waals surface area contributed by atoms with Crippen LogP contribution >= 0.6 is 11.3 Å². The minimum Gasteiger partial charge on any atom is -0.309 e. The Kier molecular flexibility index (Phi) is 4.77. The summed E-state index contributed by atoms with van der Waals surface area (Å²) in [5.41, 5.74) is 4.44. The van der Waals surface area contributed by atoms with E-state index in [2.05, 4.69) is 49.6 Å². The summed E-state index contributed by atoms with van der Waals surface area (Å²) < 4.78 is 0. The largest absolute Gasteiger partial charge is 0.309 e. The van der Waals surface area contributed by atoms with Crippen molar-refractivity contribution < 1.29 is 0 Å². The molecule has 3 rings (SSSR count). The van der Waals surface area contributed by atoms with Gasteiger partial charge in [-0.25, -0.2) is 0 Å². The first-order chi connectivity index (χ1) is 10.3. The maximum atomic E-state index is 3.50. The second kappa shape index (κ2) is 6.76. The number of rotatable bonds is 6. The monoisotopic (exact) mass is 299 g/mol. The molecule has 0 spiro atoms. The van der Waals surface area contributed by atoms with Gasteiger partial charge < -0.3 is 5.32 Å². The van der Waals surface area contributed by atoms with E-state index in [4.69, 9.17) is 0 Å². The minimum absolute atomic E-state index is 0.348. The van der Waals surface area contributed by atoms with Crippen molar-refractivity contribution in [2.45, 2.75) is 51.5 Å². The van der Waals surface area contributed by atoms with Crippen LogP contribution in [-0.4, -0.2) is 7.05 Å². The van der Waals surface area contributed by atoms with E-state index in [1.165, 1.54) is 54.5 Å². The fourth-order valence-corrected chi connectivity index (χ4v) is 4.62. The maximum Gasteiger partial charge on any atom is 0.0668 e. The number of hydrogen-bond acceptors (Lipinski definition) is 2. The fourth-order valence-electron chi connectivity index (χ4n) is 3.23. The predicted molar refractivity (Wildman–Crippen MR) is 92.3 cm³/mol. The van der Waals surface area contributed by atoms with E-state index in [0.29, 0.717) is 6.04 Å². The van der Waals surface area contributed by atoms with E-state index < -0.39 is 0 Å². The molecule has 1 aliphatic carbocycles. The molecule has 21 heavy (non-hydrogen) atoms. The van der Waals surface area contributed by atoms with Crippen LogP contribution in [0, 0.1) is 0 Å². The normalized spacial score (nSPS) is 15.1. The fraction of sp³-hybridized carbons (Fsp3) is 0.474. The lowest BCUT2D eigenvalue weighted by atomic mass is 10.0. The van der Waals surface area contributed by atoms with Crippen molar-refractivity contribution in [2.75, 3.05) is 7.05 Å². The summed E-state index contributed by atoms with van der Waals surface area (Å²) in [6.07, 6.45) is 7.66. The lowest BCUT2D eigenvalue weighted by Crippen LogP contribution is -2.16. The second-order valence-corrected chi connectivity index (χ2v) is 7.19. The lowest BCUT2D eigenvalue weighted by Gasteiger charge is -2.16. The van der Waals surface area contributed by atoms with Crippen LogP contribution < -0.4 is 5.32 Å². The lowest BCUT2D eigenvalue weighted by molar-refractivity contribution is 0.702. The third-order valence-electron chi connectivity index (χ3n) is 4.47. The zero-order valence-corrected chi connectivity index (χ0v) is 13.9. The molecule has 0 saturated carbocycles. The molecule has 0 radical (unpaired) electrons. The van der Waals surface area contributed by atoms with Crippen LogP contribution in [0.5, 0.6) is 0 Å². The van der Waals surface area contributed by atoms with Crippen molar-refractivity contribution in [3.8, 4) is 0 Å². The first kappa shape index (κ1) is 14.8. The van der Waals surface area contributed by atoms with Gasteiger partial charge in [0, 0.05) is 9.75 Å². The van der Waals surface area contributed by atoms with E-state index in [-0.39, 0.29) is 0 Å². The van der Waals surface area contributed by atoms with Gasteiger partial charge in [0.25, 0.3) is 0 Å². The molecule has 1 atom stereocenters. The summed E-state index contributed by atoms with van der Waals surface area (Å²) in [7, 11) is 2.07. The van der Waals surface area contributed by atoms with Crippen molar-refractivity contribution in [3.05, 3.63) is 56.8 Å². The molecule has 1 unspecified atom stereocenters. The summed E-state index contributed by atoms with van der Waals surface area (Å²) in [6, 6.07) is 12.0. The number of benzene rings is 1. The minimum atomic E-state index is 0.348. The van der Waals surface area contributed by atoms with Crippen molar-refractivity contribution in [3.63, 3.8) is 0 Å². The van der Waals surface area contributed by atoms with Crippen LogP contribution in [0.4, 0.5) is 0 Å². The van der Waals surface area contributed by atoms with Crippen molar-refractivity contribution in [1.82, 2.24) is 5.32 Å². The summed E-state index contributed by atoms with van der Waals surface area (Å²) >= 11 is 2.01. The van der Waals surface area contributed by atoms with Gasteiger partial charge in [0.2, 0.25) is 0 Å². The topological polar surface area (TPSA) is 12.0 Å². The van der Waals surface area contributed by atoms with Crippen LogP contribution in [0.15, 0.2) is 30.3 Å². The van der Waals surface area contributed by atoms with E-state index in [9.17, 15) is 0 Å². The molecule has 0 amide bonds. The maximum absolute atomic E-state index is 3.50. The average Bonchev–Trinajstić information content (AvgIpc) is 3.09. The molecule has 0 bridgehead atoms. The molecular weight excluding hydrogens is 274 g/mol. The van der Waals surface area contributed by atoms with Crippen LogP contribution in [0.1, 0.15) is 58.7 Å². The van der Waals surface area contributed by atoms with Gasteiger partial charge >= 0.3 is 0 Å². The standard InChI is InChI=1S/C19H25NS/c1-3-4-6-14-9-11-15(12-10-14)19(20-2)18-13-16-7-5-8-17(16)21-18/h9-13,19-20H,3-8H2,1-2H3. The first-order valence-corrected chi connectivity index (χ1v) is 9.01. The summed E-state index contributed by atoms with van der Waals surface area (Å²) in [4.78, 5) is 3.09. The predicted octanol–water partition coefficient (Wildman–Crippen LogP) is 4.89. The third-order valence-corrected chi connectivity index (χ3v) is 5.77. The Morgan fingerprint density at radius 1 is 1.19 bits per heavy atom. The Morgan fingerprint density at radius 2 is 2.00 bits per heavy atom. The highest BCUT2D eigenvalue weighted by molar-refractivity contribution is 7.12. The summed E-state index contributed by atoms with van der Waals surface area (Å²) in [5.74, 6) is 0. The highest BCUT2D eigenvalue weighted by Crippen LogP contribution is 2.36. The molecule has 1 N–H and O–H groups in total. The molecule has 2 heteroatoms. The average molecular weight is 299 g/mol. The van der Waals surface area contributed by atoms with Gasteiger partial charge in [0.05, 0.1) is 6.04 Å². The van der Waals surface area contributed by atoms with Crippen LogP contribution in [0.2, 0.25) is 0 Å². The zero-order valence-electron chi connectivity index (χ0n) is 13.1. The van der Waals surface area contributed by atoms with Gasteiger partial charge in [-0.05, 0) is 61.9 Å². The Hall–Kier alpha value is -1.12. The van der Waals surface area contributed by atoms with Crippen LogP contribution in [0.25, 0.3) is 0 Å². The third kappa shape index (κ3) is 3.22. The van der Waals surface area contributed by atoms with Crippen LogP contribution in [0.3, 0.4) is 0 Å². The Bertz CT molecular complexity index is 561.